The largest absolute Gasteiger partial charge is 0.390 e. The molecule has 0 aliphatic rings. The molecule has 114 valence electrons. The average Bonchev–Trinajstić information content (AvgIpc) is 2.92. The van der Waals surface area contributed by atoms with Crippen LogP contribution in [-0.4, -0.2) is 33.2 Å². The molecule has 0 aliphatic heterocycles. The van der Waals surface area contributed by atoms with Crippen molar-refractivity contribution < 1.29 is 5.11 Å². The Morgan fingerprint density at radius 1 is 1.10 bits per heavy atom. The van der Waals surface area contributed by atoms with Crippen molar-refractivity contribution >= 4 is 5.69 Å². The maximum absolute atomic E-state index is 9.36. The molecule has 0 radical (unpaired) electrons. The Kier molecular flexibility index (Phi) is 5.33. The van der Waals surface area contributed by atoms with E-state index in [0.717, 1.165) is 37.3 Å². The van der Waals surface area contributed by atoms with Crippen LogP contribution in [0.25, 0.3) is 5.69 Å². The summed E-state index contributed by atoms with van der Waals surface area (Å²) in [6, 6.07) is 8.34. The van der Waals surface area contributed by atoms with E-state index in [1.807, 2.05) is 4.68 Å². The van der Waals surface area contributed by atoms with Crippen molar-refractivity contribution in [2.75, 3.05) is 18.0 Å². The zero-order valence-corrected chi connectivity index (χ0v) is 13.1. The van der Waals surface area contributed by atoms with Gasteiger partial charge in [0.2, 0.25) is 0 Å². The zero-order chi connectivity index (χ0) is 15.2. The van der Waals surface area contributed by atoms with Gasteiger partial charge in [0.05, 0.1) is 18.0 Å². The maximum Gasteiger partial charge on any atom is 0.112 e. The molecular formula is C16H24N4O. The highest BCUT2D eigenvalue weighted by Crippen LogP contribution is 2.19. The Balaban J connectivity index is 2.32. The van der Waals surface area contributed by atoms with Crippen LogP contribution < -0.4 is 4.90 Å². The van der Waals surface area contributed by atoms with Gasteiger partial charge in [-0.15, -0.1) is 5.10 Å². The molecule has 0 bridgehead atoms. The molecule has 21 heavy (non-hydrogen) atoms. The molecule has 0 saturated carbocycles. The Morgan fingerprint density at radius 3 is 2.29 bits per heavy atom. The highest BCUT2D eigenvalue weighted by Gasteiger charge is 2.13. The third-order valence-corrected chi connectivity index (χ3v) is 3.70. The third kappa shape index (κ3) is 3.24. The van der Waals surface area contributed by atoms with Gasteiger partial charge in [-0.05, 0) is 44.5 Å². The summed E-state index contributed by atoms with van der Waals surface area (Å²) < 4.78 is 1.83. The lowest BCUT2D eigenvalue weighted by molar-refractivity contribution is 0.275. The van der Waals surface area contributed by atoms with Gasteiger partial charge in [0.25, 0.3) is 0 Å². The Labute approximate surface area is 126 Å². The van der Waals surface area contributed by atoms with Gasteiger partial charge in [-0.1, -0.05) is 18.6 Å². The highest BCUT2D eigenvalue weighted by molar-refractivity contribution is 5.51. The molecule has 0 aliphatic carbocycles. The number of hydrogen-bond acceptors (Lipinski definition) is 4. The normalized spacial score (nSPS) is 10.9. The van der Waals surface area contributed by atoms with Crippen LogP contribution in [0.5, 0.6) is 0 Å². The summed E-state index contributed by atoms with van der Waals surface area (Å²) in [6.07, 6.45) is 1.86. The molecule has 2 aromatic rings. The van der Waals surface area contributed by atoms with Crippen molar-refractivity contribution in [2.45, 2.75) is 40.2 Å². The lowest BCUT2D eigenvalue weighted by atomic mass is 10.2. The summed E-state index contributed by atoms with van der Waals surface area (Å²) in [5.41, 5.74) is 3.87. The first-order valence-electron chi connectivity index (χ1n) is 7.64. The van der Waals surface area contributed by atoms with E-state index in [0.29, 0.717) is 5.69 Å². The molecule has 2 rings (SSSR count). The number of aliphatic hydroxyl groups is 1. The van der Waals surface area contributed by atoms with E-state index in [1.54, 1.807) is 0 Å². The fourth-order valence-corrected chi connectivity index (χ4v) is 2.54. The van der Waals surface area contributed by atoms with Crippen molar-refractivity contribution in [3.63, 3.8) is 0 Å². The SMILES string of the molecule is CCCc1c(CO)nnn1-c1ccc(N(CC)CC)cc1. The molecule has 5 nitrogen and oxygen atoms in total. The Hall–Kier alpha value is -1.88. The van der Waals surface area contributed by atoms with Gasteiger partial charge in [0.15, 0.2) is 0 Å². The number of nitrogens with zero attached hydrogens (tertiary/aromatic N) is 4. The van der Waals surface area contributed by atoms with Gasteiger partial charge in [-0.3, -0.25) is 0 Å². The zero-order valence-electron chi connectivity index (χ0n) is 13.1. The van der Waals surface area contributed by atoms with E-state index < -0.39 is 0 Å². The molecule has 0 fully saturated rings. The van der Waals surface area contributed by atoms with E-state index in [1.165, 1.54) is 5.69 Å². The van der Waals surface area contributed by atoms with E-state index in [4.69, 9.17) is 0 Å². The van der Waals surface area contributed by atoms with E-state index in [2.05, 4.69) is 60.2 Å². The smallest absolute Gasteiger partial charge is 0.112 e. The molecule has 1 N–H and O–H groups in total. The van der Waals surface area contributed by atoms with Gasteiger partial charge < -0.3 is 10.0 Å². The summed E-state index contributed by atoms with van der Waals surface area (Å²) in [5, 5.41) is 17.6. The number of anilines is 1. The van der Waals surface area contributed by atoms with Gasteiger partial charge >= 0.3 is 0 Å². The van der Waals surface area contributed by atoms with E-state index in [9.17, 15) is 5.11 Å². The molecular weight excluding hydrogens is 264 g/mol. The molecule has 0 atom stereocenters. The van der Waals surface area contributed by atoms with Crippen molar-refractivity contribution in [3.8, 4) is 5.69 Å². The second-order valence-electron chi connectivity index (χ2n) is 4.99. The second-order valence-corrected chi connectivity index (χ2v) is 4.99. The van der Waals surface area contributed by atoms with Crippen LogP contribution in [-0.2, 0) is 13.0 Å². The quantitative estimate of drug-likeness (QED) is 0.850. The minimum absolute atomic E-state index is 0.0626. The van der Waals surface area contributed by atoms with Gasteiger partial charge in [0.1, 0.15) is 5.69 Å². The summed E-state index contributed by atoms with van der Waals surface area (Å²) >= 11 is 0. The predicted molar refractivity (Wildman–Crippen MR) is 84.8 cm³/mol. The van der Waals surface area contributed by atoms with Crippen molar-refractivity contribution in [1.82, 2.24) is 15.0 Å². The first kappa shape index (κ1) is 15.5. The average molecular weight is 288 g/mol. The van der Waals surface area contributed by atoms with Crippen LogP contribution in [0.3, 0.4) is 0 Å². The fraction of sp³-hybridized carbons (Fsp3) is 0.500. The van der Waals surface area contributed by atoms with Gasteiger partial charge in [0, 0.05) is 18.8 Å². The van der Waals surface area contributed by atoms with Crippen molar-refractivity contribution in [3.05, 3.63) is 35.7 Å². The summed E-state index contributed by atoms with van der Waals surface area (Å²) in [5.74, 6) is 0. The first-order valence-corrected chi connectivity index (χ1v) is 7.64. The van der Waals surface area contributed by atoms with Crippen molar-refractivity contribution in [2.24, 2.45) is 0 Å². The maximum atomic E-state index is 9.36. The molecule has 1 aromatic carbocycles. The Morgan fingerprint density at radius 2 is 1.76 bits per heavy atom. The lowest BCUT2D eigenvalue weighted by Gasteiger charge is -2.21. The summed E-state index contributed by atoms with van der Waals surface area (Å²) in [4.78, 5) is 2.30. The van der Waals surface area contributed by atoms with Crippen LogP contribution in [0.4, 0.5) is 5.69 Å². The van der Waals surface area contributed by atoms with Crippen LogP contribution in [0.15, 0.2) is 24.3 Å². The second kappa shape index (κ2) is 7.22. The van der Waals surface area contributed by atoms with E-state index in [-0.39, 0.29) is 6.61 Å². The number of hydrogen-bond donors (Lipinski definition) is 1. The van der Waals surface area contributed by atoms with Gasteiger partial charge in [-0.2, -0.15) is 0 Å². The first-order chi connectivity index (χ1) is 10.2. The number of rotatable bonds is 7. The molecule has 1 aromatic heterocycles. The monoisotopic (exact) mass is 288 g/mol. The number of aliphatic hydroxyl groups excluding tert-OH is 1. The number of aromatic nitrogens is 3. The predicted octanol–water partition coefficient (Wildman–Crippen LogP) is 2.56. The minimum atomic E-state index is -0.0626. The molecule has 5 heteroatoms. The van der Waals surface area contributed by atoms with E-state index >= 15 is 0 Å². The fourth-order valence-electron chi connectivity index (χ4n) is 2.54. The third-order valence-electron chi connectivity index (χ3n) is 3.70. The molecule has 0 amide bonds. The summed E-state index contributed by atoms with van der Waals surface area (Å²) in [7, 11) is 0. The van der Waals surface area contributed by atoms with Gasteiger partial charge in [-0.25, -0.2) is 4.68 Å². The van der Waals surface area contributed by atoms with Crippen LogP contribution in [0.1, 0.15) is 38.6 Å². The Bertz CT molecular complexity index is 558. The lowest BCUT2D eigenvalue weighted by Crippen LogP contribution is -2.21. The highest BCUT2D eigenvalue weighted by atomic mass is 16.3. The minimum Gasteiger partial charge on any atom is -0.390 e. The standard InChI is InChI=1S/C16H24N4O/c1-4-7-16-15(12-21)17-18-20(16)14-10-8-13(9-11-14)19(5-2)6-3/h8-11,21H,4-7,12H2,1-3H3. The topological polar surface area (TPSA) is 54.2 Å². The molecule has 0 unspecified atom stereocenters. The van der Waals surface area contributed by atoms with Crippen LogP contribution in [0.2, 0.25) is 0 Å². The summed E-state index contributed by atoms with van der Waals surface area (Å²) in [6.45, 7) is 8.35. The molecule has 0 spiro atoms. The molecule has 0 saturated heterocycles. The van der Waals surface area contributed by atoms with Crippen LogP contribution >= 0.6 is 0 Å². The molecule has 1 heterocycles. The number of benzene rings is 1. The van der Waals surface area contributed by atoms with Crippen molar-refractivity contribution in [1.29, 1.82) is 0 Å². The van der Waals surface area contributed by atoms with Crippen LogP contribution in [0, 0.1) is 0 Å².